The van der Waals surface area contributed by atoms with Gasteiger partial charge in [-0.1, -0.05) is 78.1 Å². The third-order valence-corrected chi connectivity index (χ3v) is 16.9. The van der Waals surface area contributed by atoms with Crippen LogP contribution in [0.4, 0.5) is 0 Å². The number of carbonyl (C=O) groups is 5. The van der Waals surface area contributed by atoms with Gasteiger partial charge in [0.25, 0.3) is 5.91 Å². The standard InChI is InChI=1S/C41H66N2O7S/c1-27(51(49,50)39(2,3)4)41(21-15-12-16-22-41)25-31(44)23-29-18-14-11-9-7-8-10-13-17-28(36(46)37(47)42-30-19-20-30)24-33(45)35-34-32(40(34,5)6)26-43(35)38(29)48/h27-30,32,34-35H,7-26H2,1-6H3,(H,42,47)/t27-,28-,29-,32+,34+,35-/m1/s1. The highest BCUT2D eigenvalue weighted by Crippen LogP contribution is 2.65. The monoisotopic (exact) mass is 730 g/mol. The van der Waals surface area contributed by atoms with Crippen LogP contribution in [0.3, 0.4) is 0 Å². The first-order chi connectivity index (χ1) is 23.9. The molecular weight excluding hydrogens is 665 g/mol. The average Bonchev–Trinajstić information content (AvgIpc) is 3.92. The second kappa shape index (κ2) is 15.7. The highest BCUT2D eigenvalue weighted by atomic mass is 32.2. The molecule has 9 nitrogen and oxygen atoms in total. The van der Waals surface area contributed by atoms with E-state index in [-0.39, 0.29) is 60.0 Å². The largest absolute Gasteiger partial charge is 0.347 e. The Bertz CT molecular complexity index is 1440. The molecule has 288 valence electrons. The Labute approximate surface area is 307 Å². The van der Waals surface area contributed by atoms with Crippen molar-refractivity contribution in [2.45, 2.75) is 186 Å². The molecule has 10 heteroatoms. The number of sulfone groups is 1. The van der Waals surface area contributed by atoms with E-state index in [1.54, 1.807) is 32.6 Å². The maximum absolute atomic E-state index is 14.6. The van der Waals surface area contributed by atoms with Crippen LogP contribution in [0, 0.1) is 34.5 Å². The normalized spacial score (nSPS) is 31.3. The van der Waals surface area contributed by atoms with Crippen molar-refractivity contribution in [3.05, 3.63) is 0 Å². The van der Waals surface area contributed by atoms with Crippen molar-refractivity contribution in [3.63, 3.8) is 0 Å². The molecule has 3 saturated carbocycles. The molecule has 2 heterocycles. The number of carbonyl (C=O) groups excluding carboxylic acids is 5. The molecule has 51 heavy (non-hydrogen) atoms. The summed E-state index contributed by atoms with van der Waals surface area (Å²) < 4.78 is 26.5. The van der Waals surface area contributed by atoms with E-state index in [0.29, 0.717) is 32.2 Å². The summed E-state index contributed by atoms with van der Waals surface area (Å²) in [4.78, 5) is 71.1. The fourth-order valence-corrected chi connectivity index (χ4v) is 12.1. The fourth-order valence-electron chi connectivity index (χ4n) is 10.0. The molecule has 2 amide bonds. The lowest BCUT2D eigenvalue weighted by molar-refractivity contribution is -0.146. The maximum atomic E-state index is 14.6. The summed E-state index contributed by atoms with van der Waals surface area (Å²) >= 11 is 0. The van der Waals surface area contributed by atoms with Gasteiger partial charge in [0.05, 0.1) is 16.0 Å². The third kappa shape index (κ3) is 8.83. The number of fused-ring (bicyclic) bond motifs is 3. The Balaban J connectivity index is 1.38. The molecule has 0 radical (unpaired) electrons. The number of nitrogens with zero attached hydrogens (tertiary/aromatic N) is 1. The number of hydrogen-bond donors (Lipinski definition) is 1. The van der Waals surface area contributed by atoms with Crippen molar-refractivity contribution < 1.29 is 32.4 Å². The zero-order valence-electron chi connectivity index (χ0n) is 32.4. The van der Waals surface area contributed by atoms with Gasteiger partial charge in [0.15, 0.2) is 15.6 Å². The van der Waals surface area contributed by atoms with E-state index in [1.165, 1.54) is 0 Å². The second-order valence-corrected chi connectivity index (χ2v) is 21.8. The van der Waals surface area contributed by atoms with E-state index < -0.39 is 54.8 Å². The van der Waals surface area contributed by atoms with Gasteiger partial charge in [-0.05, 0) is 88.9 Å². The molecule has 0 aromatic heterocycles. The fraction of sp³-hybridized carbons (Fsp3) is 0.878. The first-order valence-corrected chi connectivity index (χ1v) is 21.9. The predicted octanol–water partition coefficient (Wildman–Crippen LogP) is 6.93. The molecule has 2 aliphatic heterocycles. The number of nitrogens with one attached hydrogen (secondary N) is 1. The molecule has 5 rings (SSSR count). The number of amides is 2. The van der Waals surface area contributed by atoms with Crippen LogP contribution in [-0.4, -0.2) is 71.1 Å². The van der Waals surface area contributed by atoms with Crippen LogP contribution in [0.1, 0.15) is 164 Å². The number of ketones is 3. The summed E-state index contributed by atoms with van der Waals surface area (Å²) in [5.74, 6) is -2.55. The Hall–Kier alpha value is -2.10. The average molecular weight is 731 g/mol. The summed E-state index contributed by atoms with van der Waals surface area (Å²) in [6.45, 7) is 11.7. The molecule has 6 atom stereocenters. The first-order valence-electron chi connectivity index (χ1n) is 20.3. The number of piperidine rings is 1. The van der Waals surface area contributed by atoms with Crippen molar-refractivity contribution in [2.24, 2.45) is 34.5 Å². The minimum Gasteiger partial charge on any atom is -0.347 e. The van der Waals surface area contributed by atoms with E-state index in [1.807, 2.05) is 0 Å². The molecule has 3 aliphatic carbocycles. The number of hydrogen-bond acceptors (Lipinski definition) is 7. The molecule has 2 saturated heterocycles. The smallest absolute Gasteiger partial charge is 0.287 e. The molecule has 5 fully saturated rings. The van der Waals surface area contributed by atoms with Crippen molar-refractivity contribution in [1.82, 2.24) is 10.2 Å². The molecule has 5 aliphatic rings. The highest BCUT2D eigenvalue weighted by molar-refractivity contribution is 7.93. The van der Waals surface area contributed by atoms with Crippen LogP contribution in [0.2, 0.25) is 0 Å². The van der Waals surface area contributed by atoms with Crippen molar-refractivity contribution >= 4 is 39.0 Å². The Morgan fingerprint density at radius 1 is 0.863 bits per heavy atom. The van der Waals surface area contributed by atoms with Crippen LogP contribution in [0.25, 0.3) is 0 Å². The highest BCUT2D eigenvalue weighted by Gasteiger charge is 2.69. The molecule has 0 aromatic carbocycles. The van der Waals surface area contributed by atoms with Gasteiger partial charge in [-0.15, -0.1) is 0 Å². The molecule has 0 spiro atoms. The summed E-state index contributed by atoms with van der Waals surface area (Å²) in [5, 5.41) is 2.15. The van der Waals surface area contributed by atoms with Crippen LogP contribution in [0.15, 0.2) is 0 Å². The van der Waals surface area contributed by atoms with Crippen molar-refractivity contribution in [1.29, 1.82) is 0 Å². The number of Topliss-reactive ketones (excluding diaryl/α,β-unsaturated/α-hetero) is 3. The van der Waals surface area contributed by atoms with Gasteiger partial charge in [-0.25, -0.2) is 8.42 Å². The van der Waals surface area contributed by atoms with E-state index in [9.17, 15) is 32.4 Å². The second-order valence-electron chi connectivity index (χ2n) is 18.8. The van der Waals surface area contributed by atoms with Crippen LogP contribution in [-0.2, 0) is 33.8 Å². The molecule has 0 bridgehead atoms. The van der Waals surface area contributed by atoms with Gasteiger partial charge in [0.1, 0.15) is 5.78 Å². The van der Waals surface area contributed by atoms with Crippen LogP contribution >= 0.6 is 0 Å². The zero-order chi connectivity index (χ0) is 37.4. The van der Waals surface area contributed by atoms with Gasteiger partial charge in [0, 0.05) is 43.7 Å². The lowest BCUT2D eigenvalue weighted by Crippen LogP contribution is -2.49. The van der Waals surface area contributed by atoms with Gasteiger partial charge in [-0.2, -0.15) is 0 Å². The molecular formula is C41H66N2O7S. The summed E-state index contributed by atoms with van der Waals surface area (Å²) in [6.07, 6.45) is 13.7. The predicted molar refractivity (Wildman–Crippen MR) is 198 cm³/mol. The Morgan fingerprint density at radius 2 is 1.43 bits per heavy atom. The topological polar surface area (TPSA) is 135 Å². The first kappa shape index (κ1) is 40.1. The minimum absolute atomic E-state index is 0.00538. The zero-order valence-corrected chi connectivity index (χ0v) is 33.2. The van der Waals surface area contributed by atoms with Gasteiger partial charge >= 0.3 is 0 Å². The minimum atomic E-state index is -3.53. The Kier molecular flexibility index (Phi) is 12.3. The van der Waals surface area contributed by atoms with E-state index in [0.717, 1.165) is 77.0 Å². The SMILES string of the molecule is C[C@H](C1(CC(=O)C[C@H]2CCCCCCCCC[C@@H](C(=O)C(=O)NC3CC3)CC(=O)[C@@H]3[C@@H]4[C@H](CN3C2=O)C4(C)C)CCCCC1)S(=O)(=O)C(C)(C)C. The lowest BCUT2D eigenvalue weighted by Gasteiger charge is -2.44. The lowest BCUT2D eigenvalue weighted by atomic mass is 9.68. The maximum Gasteiger partial charge on any atom is 0.287 e. The third-order valence-electron chi connectivity index (χ3n) is 13.8. The summed E-state index contributed by atoms with van der Waals surface area (Å²) in [7, 11) is -3.53. The quantitative estimate of drug-likeness (QED) is 0.254. The van der Waals surface area contributed by atoms with Crippen LogP contribution < -0.4 is 5.32 Å². The van der Waals surface area contributed by atoms with E-state index in [4.69, 9.17) is 0 Å². The van der Waals surface area contributed by atoms with Gasteiger partial charge in [0.2, 0.25) is 11.7 Å². The van der Waals surface area contributed by atoms with Gasteiger partial charge in [-0.3, -0.25) is 24.0 Å². The summed E-state index contributed by atoms with van der Waals surface area (Å²) in [5.41, 5.74) is -0.748. The summed E-state index contributed by atoms with van der Waals surface area (Å²) in [6, 6.07) is -0.607. The van der Waals surface area contributed by atoms with Crippen molar-refractivity contribution in [3.8, 4) is 0 Å². The van der Waals surface area contributed by atoms with Crippen LogP contribution in [0.5, 0.6) is 0 Å². The Morgan fingerprint density at radius 3 is 2.02 bits per heavy atom. The van der Waals surface area contributed by atoms with E-state index >= 15 is 0 Å². The van der Waals surface area contributed by atoms with Gasteiger partial charge < -0.3 is 10.2 Å². The van der Waals surface area contributed by atoms with Crippen molar-refractivity contribution in [2.75, 3.05) is 6.54 Å². The number of rotatable bonds is 9. The molecule has 0 aromatic rings. The van der Waals surface area contributed by atoms with E-state index in [2.05, 4.69) is 19.2 Å². The molecule has 1 N–H and O–H groups in total. The molecule has 0 unspecified atom stereocenters.